The summed E-state index contributed by atoms with van der Waals surface area (Å²) in [7, 11) is 0. The Balaban J connectivity index is 1.64. The largest absolute Gasteiger partial charge is 0.339 e. The van der Waals surface area contributed by atoms with Gasteiger partial charge in [0.15, 0.2) is 0 Å². The molecule has 21 heavy (non-hydrogen) atoms. The van der Waals surface area contributed by atoms with Crippen molar-refractivity contribution in [3.05, 3.63) is 54.1 Å². The molecular formula is C14H11N5OS. The normalized spacial score (nSPS) is 10.9. The molecule has 0 radical (unpaired) electrons. The third-order valence-electron chi connectivity index (χ3n) is 2.71. The third-order valence-corrected chi connectivity index (χ3v) is 3.26. The summed E-state index contributed by atoms with van der Waals surface area (Å²) in [4.78, 5) is 11.8. The monoisotopic (exact) mass is 297 g/mol. The summed E-state index contributed by atoms with van der Waals surface area (Å²) in [6.07, 6.45) is 1.57. The number of urea groups is 1. The molecule has 0 fully saturated rings. The maximum atomic E-state index is 11.8. The summed E-state index contributed by atoms with van der Waals surface area (Å²) < 4.78 is 8.27. The molecule has 0 unspecified atom stereocenters. The van der Waals surface area contributed by atoms with Gasteiger partial charge < -0.3 is 5.32 Å². The van der Waals surface area contributed by atoms with E-state index < -0.39 is 6.03 Å². The molecule has 0 aliphatic heterocycles. The summed E-state index contributed by atoms with van der Waals surface area (Å²) in [6.45, 7) is 0. The molecule has 0 aliphatic rings. The van der Waals surface area contributed by atoms with Gasteiger partial charge in [-0.3, -0.25) is 0 Å². The molecule has 7 heteroatoms. The van der Waals surface area contributed by atoms with Crippen molar-refractivity contribution in [1.29, 1.82) is 0 Å². The minimum Gasteiger partial charge on any atom is -0.304 e. The van der Waals surface area contributed by atoms with Gasteiger partial charge >= 0.3 is 6.03 Å². The number of benzene rings is 2. The molecule has 104 valence electrons. The minimum absolute atomic E-state index is 0.428. The van der Waals surface area contributed by atoms with Gasteiger partial charge in [-0.2, -0.15) is 13.8 Å². The van der Waals surface area contributed by atoms with Crippen molar-refractivity contribution in [1.82, 2.24) is 14.2 Å². The van der Waals surface area contributed by atoms with Crippen molar-refractivity contribution in [2.75, 3.05) is 5.32 Å². The Labute approximate surface area is 124 Å². The van der Waals surface area contributed by atoms with E-state index in [1.165, 1.54) is 0 Å². The number of carbonyl (C=O) groups excluding carboxylic acids is 1. The Morgan fingerprint density at radius 3 is 2.81 bits per heavy atom. The quantitative estimate of drug-likeness (QED) is 0.576. The molecule has 1 heterocycles. The van der Waals surface area contributed by atoms with E-state index in [1.807, 2.05) is 42.5 Å². The molecular weight excluding hydrogens is 286 g/mol. The molecule has 1 aromatic heterocycles. The van der Waals surface area contributed by atoms with E-state index in [1.54, 1.807) is 12.3 Å². The number of amides is 2. The summed E-state index contributed by atoms with van der Waals surface area (Å²) in [5, 5.41) is 6.58. The van der Waals surface area contributed by atoms with Gasteiger partial charge in [0, 0.05) is 0 Å². The van der Waals surface area contributed by atoms with Gasteiger partial charge in [0.1, 0.15) is 11.0 Å². The van der Waals surface area contributed by atoms with Gasteiger partial charge in [0.2, 0.25) is 0 Å². The fourth-order valence-electron chi connectivity index (χ4n) is 1.76. The van der Waals surface area contributed by atoms with E-state index in [0.717, 1.165) is 22.8 Å². The molecule has 0 atom stereocenters. The van der Waals surface area contributed by atoms with Gasteiger partial charge in [-0.25, -0.2) is 10.2 Å². The first-order valence-electron chi connectivity index (χ1n) is 6.19. The lowest BCUT2D eigenvalue weighted by atomic mass is 10.2. The molecule has 2 amide bonds. The Bertz CT molecular complexity index is 784. The minimum atomic E-state index is -0.428. The van der Waals surface area contributed by atoms with E-state index in [-0.39, 0.29) is 0 Å². The van der Waals surface area contributed by atoms with Gasteiger partial charge in [-0.1, -0.05) is 36.4 Å². The number of fused-ring (bicyclic) bond motifs is 1. The van der Waals surface area contributed by atoms with Gasteiger partial charge in [0.05, 0.1) is 23.6 Å². The summed E-state index contributed by atoms with van der Waals surface area (Å²) >= 11 is 1.11. The summed E-state index contributed by atoms with van der Waals surface area (Å²) in [5.41, 5.74) is 5.35. The lowest BCUT2D eigenvalue weighted by Crippen LogP contribution is -2.24. The number of nitrogens with zero attached hydrogens (tertiary/aromatic N) is 3. The Morgan fingerprint density at radius 2 is 1.95 bits per heavy atom. The molecule has 0 saturated carbocycles. The van der Waals surface area contributed by atoms with Crippen LogP contribution in [0, 0.1) is 0 Å². The molecule has 3 rings (SSSR count). The SMILES string of the molecule is O=C(N/N=C/c1ccccc1)Nc1cccc2nsnc12. The van der Waals surface area contributed by atoms with Gasteiger partial charge in [-0.15, -0.1) is 0 Å². The maximum Gasteiger partial charge on any atom is 0.339 e. The number of nitrogens with one attached hydrogen (secondary N) is 2. The number of rotatable bonds is 3. The second kappa shape index (κ2) is 6.10. The van der Waals surface area contributed by atoms with Crippen LogP contribution in [0.4, 0.5) is 10.5 Å². The predicted molar refractivity (Wildman–Crippen MR) is 83.6 cm³/mol. The topological polar surface area (TPSA) is 79.3 Å². The van der Waals surface area contributed by atoms with Crippen LogP contribution in [0.25, 0.3) is 11.0 Å². The van der Waals surface area contributed by atoms with E-state index in [2.05, 4.69) is 24.6 Å². The van der Waals surface area contributed by atoms with E-state index in [9.17, 15) is 4.79 Å². The third kappa shape index (κ3) is 3.21. The molecule has 2 aromatic carbocycles. The van der Waals surface area contributed by atoms with Gasteiger partial charge in [0.25, 0.3) is 0 Å². The molecule has 2 N–H and O–H groups in total. The second-order valence-electron chi connectivity index (χ2n) is 4.17. The molecule has 0 spiro atoms. The Hall–Kier alpha value is -2.80. The van der Waals surface area contributed by atoms with E-state index >= 15 is 0 Å². The molecule has 3 aromatic rings. The van der Waals surface area contributed by atoms with Crippen LogP contribution in [-0.4, -0.2) is 21.0 Å². The first kappa shape index (κ1) is 13.2. The second-order valence-corrected chi connectivity index (χ2v) is 4.70. The zero-order valence-corrected chi connectivity index (χ0v) is 11.7. The van der Waals surface area contributed by atoms with Crippen molar-refractivity contribution in [3.8, 4) is 0 Å². The van der Waals surface area contributed by atoms with Crippen LogP contribution in [0.1, 0.15) is 5.56 Å². The number of hydrogen-bond donors (Lipinski definition) is 2. The van der Waals surface area contributed by atoms with Crippen LogP contribution in [-0.2, 0) is 0 Å². The Morgan fingerprint density at radius 1 is 1.10 bits per heavy atom. The van der Waals surface area contributed by atoms with Crippen molar-refractivity contribution < 1.29 is 4.79 Å². The van der Waals surface area contributed by atoms with Crippen molar-refractivity contribution in [3.63, 3.8) is 0 Å². The number of carbonyl (C=O) groups is 1. The van der Waals surface area contributed by atoms with Crippen LogP contribution in [0.2, 0.25) is 0 Å². The van der Waals surface area contributed by atoms with Crippen molar-refractivity contribution in [2.24, 2.45) is 5.10 Å². The van der Waals surface area contributed by atoms with Crippen molar-refractivity contribution in [2.45, 2.75) is 0 Å². The Kier molecular flexibility index (Phi) is 3.83. The fraction of sp³-hybridized carbons (Fsp3) is 0. The highest BCUT2D eigenvalue weighted by molar-refractivity contribution is 7.00. The van der Waals surface area contributed by atoms with Crippen LogP contribution in [0.5, 0.6) is 0 Å². The predicted octanol–water partition coefficient (Wildman–Crippen LogP) is 2.85. The van der Waals surface area contributed by atoms with Crippen LogP contribution >= 0.6 is 11.7 Å². The highest BCUT2D eigenvalue weighted by Gasteiger charge is 2.07. The number of anilines is 1. The van der Waals surface area contributed by atoms with E-state index in [0.29, 0.717) is 11.2 Å². The average molecular weight is 297 g/mol. The summed E-state index contributed by atoms with van der Waals surface area (Å²) in [5.74, 6) is 0. The fourth-order valence-corrected chi connectivity index (χ4v) is 2.31. The zero-order chi connectivity index (χ0) is 14.5. The number of hydrazone groups is 1. The summed E-state index contributed by atoms with van der Waals surface area (Å²) in [6, 6.07) is 14.5. The first-order chi connectivity index (χ1) is 10.3. The lowest BCUT2D eigenvalue weighted by molar-refractivity contribution is 0.252. The van der Waals surface area contributed by atoms with Crippen LogP contribution < -0.4 is 10.7 Å². The van der Waals surface area contributed by atoms with Gasteiger partial charge in [-0.05, 0) is 17.7 Å². The standard InChI is InChI=1S/C14H11N5OS/c20-14(17-15-9-10-5-2-1-3-6-10)16-11-7-4-8-12-13(11)19-21-18-12/h1-9H,(H2,16,17,20)/b15-9+. The maximum absolute atomic E-state index is 11.8. The number of hydrogen-bond acceptors (Lipinski definition) is 5. The smallest absolute Gasteiger partial charge is 0.304 e. The molecule has 6 nitrogen and oxygen atoms in total. The highest BCUT2D eigenvalue weighted by atomic mass is 32.1. The van der Waals surface area contributed by atoms with Crippen LogP contribution in [0.15, 0.2) is 53.6 Å². The lowest BCUT2D eigenvalue weighted by Gasteiger charge is -2.04. The molecule has 0 aliphatic carbocycles. The molecule has 0 saturated heterocycles. The average Bonchev–Trinajstić information content (AvgIpc) is 2.98. The first-order valence-corrected chi connectivity index (χ1v) is 6.92. The van der Waals surface area contributed by atoms with Crippen LogP contribution in [0.3, 0.4) is 0 Å². The zero-order valence-electron chi connectivity index (χ0n) is 10.9. The number of aromatic nitrogens is 2. The van der Waals surface area contributed by atoms with E-state index in [4.69, 9.17) is 0 Å². The van der Waals surface area contributed by atoms with Crippen molar-refractivity contribution >= 4 is 40.7 Å². The highest BCUT2D eigenvalue weighted by Crippen LogP contribution is 2.20. The molecule has 0 bridgehead atoms.